The van der Waals surface area contributed by atoms with E-state index in [4.69, 9.17) is 9.47 Å². The van der Waals surface area contributed by atoms with Crippen molar-refractivity contribution >= 4 is 22.3 Å². The van der Waals surface area contributed by atoms with Crippen LogP contribution in [0.4, 0.5) is 0 Å². The van der Waals surface area contributed by atoms with E-state index in [2.05, 4.69) is 10.1 Å². The predicted molar refractivity (Wildman–Crippen MR) is 88.6 cm³/mol. The first kappa shape index (κ1) is 16.1. The topological polar surface area (TPSA) is 82.8 Å². The van der Waals surface area contributed by atoms with Gasteiger partial charge in [-0.05, 0) is 38.1 Å². The van der Waals surface area contributed by atoms with Crippen molar-refractivity contribution < 1.29 is 14.3 Å². The summed E-state index contributed by atoms with van der Waals surface area (Å²) >= 11 is 1.22. The van der Waals surface area contributed by atoms with Crippen LogP contribution >= 0.6 is 11.3 Å². The van der Waals surface area contributed by atoms with Crippen LogP contribution in [0.3, 0.4) is 0 Å². The number of esters is 1. The lowest BCUT2D eigenvalue weighted by atomic mass is 10.2. The molecule has 0 aliphatic carbocycles. The molecule has 0 saturated heterocycles. The van der Waals surface area contributed by atoms with Crippen LogP contribution in [0.2, 0.25) is 0 Å². The fraction of sp³-hybridized carbons (Fsp3) is 0.250. The van der Waals surface area contributed by atoms with Gasteiger partial charge in [-0.15, -0.1) is 0 Å². The summed E-state index contributed by atoms with van der Waals surface area (Å²) < 4.78 is 11.8. The number of benzene rings is 1. The molecule has 0 radical (unpaired) electrons. The zero-order valence-corrected chi connectivity index (χ0v) is 14.0. The van der Waals surface area contributed by atoms with Crippen LogP contribution in [-0.2, 0) is 11.3 Å². The van der Waals surface area contributed by atoms with Crippen molar-refractivity contribution in [2.45, 2.75) is 20.5 Å². The SMILES string of the molecule is CCOc1ccc(C(=O)OCc2nn3c(=O)cc(C)nc3s2)cc1. The van der Waals surface area contributed by atoms with Crippen LogP contribution < -0.4 is 10.3 Å². The van der Waals surface area contributed by atoms with Gasteiger partial charge in [0.1, 0.15) is 12.4 Å². The number of carbonyl (C=O) groups is 1. The highest BCUT2D eigenvalue weighted by molar-refractivity contribution is 7.16. The Labute approximate surface area is 141 Å². The molecular weight excluding hydrogens is 330 g/mol. The normalized spacial score (nSPS) is 10.8. The third kappa shape index (κ3) is 3.43. The number of fused-ring (bicyclic) bond motifs is 1. The summed E-state index contributed by atoms with van der Waals surface area (Å²) in [5, 5.41) is 4.62. The average molecular weight is 345 g/mol. The van der Waals surface area contributed by atoms with Crippen molar-refractivity contribution in [1.82, 2.24) is 14.6 Å². The Morgan fingerprint density at radius 2 is 2.04 bits per heavy atom. The monoisotopic (exact) mass is 345 g/mol. The third-order valence-electron chi connectivity index (χ3n) is 3.14. The number of ether oxygens (including phenoxy) is 2. The smallest absolute Gasteiger partial charge is 0.338 e. The largest absolute Gasteiger partial charge is 0.494 e. The van der Waals surface area contributed by atoms with Gasteiger partial charge in [-0.2, -0.15) is 9.61 Å². The van der Waals surface area contributed by atoms with E-state index in [1.807, 2.05) is 6.92 Å². The second-order valence-electron chi connectivity index (χ2n) is 4.96. The highest BCUT2D eigenvalue weighted by Crippen LogP contribution is 2.15. The average Bonchev–Trinajstić information content (AvgIpc) is 2.97. The summed E-state index contributed by atoms with van der Waals surface area (Å²) in [7, 11) is 0. The van der Waals surface area contributed by atoms with Crippen LogP contribution in [-0.4, -0.2) is 27.2 Å². The molecule has 124 valence electrons. The molecule has 0 amide bonds. The molecule has 3 aromatic rings. The Morgan fingerprint density at radius 3 is 2.75 bits per heavy atom. The molecule has 0 bridgehead atoms. The third-order valence-corrected chi connectivity index (χ3v) is 4.02. The predicted octanol–water partition coefficient (Wildman–Crippen LogP) is 2.22. The number of hydrogen-bond acceptors (Lipinski definition) is 7. The minimum absolute atomic E-state index is 0.0153. The molecule has 2 aromatic heterocycles. The number of aromatic nitrogens is 3. The van der Waals surface area contributed by atoms with Gasteiger partial charge in [-0.3, -0.25) is 4.79 Å². The molecule has 8 heteroatoms. The highest BCUT2D eigenvalue weighted by Gasteiger charge is 2.12. The summed E-state index contributed by atoms with van der Waals surface area (Å²) in [6, 6.07) is 8.11. The van der Waals surface area contributed by atoms with Crippen molar-refractivity contribution in [3.05, 3.63) is 57.0 Å². The molecule has 24 heavy (non-hydrogen) atoms. The minimum atomic E-state index is -0.464. The van der Waals surface area contributed by atoms with Crippen molar-refractivity contribution in [1.29, 1.82) is 0 Å². The summed E-state index contributed by atoms with van der Waals surface area (Å²) in [6.07, 6.45) is 0. The van der Waals surface area contributed by atoms with E-state index in [1.165, 1.54) is 21.9 Å². The van der Waals surface area contributed by atoms with E-state index in [0.29, 0.717) is 33.6 Å². The standard InChI is InChI=1S/C16H15N3O4S/c1-3-22-12-6-4-11(5-7-12)15(21)23-9-13-18-19-14(20)8-10(2)17-16(19)24-13/h4-8H,3,9H2,1-2H3. The van der Waals surface area contributed by atoms with Gasteiger partial charge in [0.15, 0.2) is 5.01 Å². The summed E-state index contributed by atoms with van der Waals surface area (Å²) in [4.78, 5) is 28.6. The van der Waals surface area contributed by atoms with Gasteiger partial charge in [0, 0.05) is 11.8 Å². The molecular formula is C16H15N3O4S. The van der Waals surface area contributed by atoms with E-state index in [1.54, 1.807) is 31.2 Å². The lowest BCUT2D eigenvalue weighted by Gasteiger charge is -2.05. The number of aryl methyl sites for hydroxylation is 1. The molecule has 3 rings (SSSR count). The van der Waals surface area contributed by atoms with E-state index in [-0.39, 0.29) is 12.2 Å². The molecule has 2 heterocycles. The Kier molecular flexibility index (Phi) is 4.57. The van der Waals surface area contributed by atoms with Crippen LogP contribution in [0, 0.1) is 6.92 Å². The molecule has 0 N–H and O–H groups in total. The van der Waals surface area contributed by atoms with Crippen LogP contribution in [0.15, 0.2) is 35.1 Å². The van der Waals surface area contributed by atoms with Crippen molar-refractivity contribution in [2.24, 2.45) is 0 Å². The molecule has 0 fully saturated rings. The first-order chi connectivity index (χ1) is 11.6. The molecule has 0 spiro atoms. The maximum absolute atomic E-state index is 12.1. The van der Waals surface area contributed by atoms with Gasteiger partial charge < -0.3 is 9.47 Å². The van der Waals surface area contributed by atoms with Gasteiger partial charge in [0.25, 0.3) is 5.56 Å². The molecule has 0 aliphatic heterocycles. The van der Waals surface area contributed by atoms with Crippen molar-refractivity contribution in [3.63, 3.8) is 0 Å². The van der Waals surface area contributed by atoms with Gasteiger partial charge in [0.05, 0.1) is 12.2 Å². The summed E-state index contributed by atoms with van der Waals surface area (Å²) in [5.41, 5.74) is 0.796. The van der Waals surface area contributed by atoms with E-state index < -0.39 is 5.97 Å². The van der Waals surface area contributed by atoms with Crippen LogP contribution in [0.5, 0.6) is 5.75 Å². The number of nitrogens with zero attached hydrogens (tertiary/aromatic N) is 3. The Balaban J connectivity index is 1.70. The van der Waals surface area contributed by atoms with Gasteiger partial charge in [0.2, 0.25) is 4.96 Å². The van der Waals surface area contributed by atoms with Gasteiger partial charge in [-0.1, -0.05) is 11.3 Å². The highest BCUT2D eigenvalue weighted by atomic mass is 32.1. The first-order valence-electron chi connectivity index (χ1n) is 7.33. The van der Waals surface area contributed by atoms with Crippen LogP contribution in [0.25, 0.3) is 4.96 Å². The second kappa shape index (κ2) is 6.79. The molecule has 0 atom stereocenters. The van der Waals surface area contributed by atoms with Crippen molar-refractivity contribution in [3.8, 4) is 5.75 Å². The quantitative estimate of drug-likeness (QED) is 0.659. The van der Waals surface area contributed by atoms with E-state index in [0.717, 1.165) is 0 Å². The fourth-order valence-corrected chi connectivity index (χ4v) is 2.94. The first-order valence-corrected chi connectivity index (χ1v) is 8.15. The van der Waals surface area contributed by atoms with Gasteiger partial charge >= 0.3 is 5.97 Å². The minimum Gasteiger partial charge on any atom is -0.494 e. The van der Waals surface area contributed by atoms with E-state index in [9.17, 15) is 9.59 Å². The zero-order chi connectivity index (χ0) is 17.1. The second-order valence-corrected chi connectivity index (χ2v) is 6.00. The molecule has 0 saturated carbocycles. The van der Waals surface area contributed by atoms with Crippen LogP contribution in [0.1, 0.15) is 28.0 Å². The zero-order valence-electron chi connectivity index (χ0n) is 13.2. The Hall–Kier alpha value is -2.74. The lowest BCUT2D eigenvalue weighted by Crippen LogP contribution is -2.14. The van der Waals surface area contributed by atoms with E-state index >= 15 is 0 Å². The number of rotatable bonds is 5. The maximum atomic E-state index is 12.1. The molecule has 1 aromatic carbocycles. The Bertz CT molecular complexity index is 931. The maximum Gasteiger partial charge on any atom is 0.338 e. The fourth-order valence-electron chi connectivity index (χ4n) is 2.08. The lowest BCUT2D eigenvalue weighted by molar-refractivity contribution is 0.0471. The van der Waals surface area contributed by atoms with Gasteiger partial charge in [-0.25, -0.2) is 9.78 Å². The molecule has 7 nitrogen and oxygen atoms in total. The summed E-state index contributed by atoms with van der Waals surface area (Å²) in [6.45, 7) is 4.18. The van der Waals surface area contributed by atoms with Crippen molar-refractivity contribution in [2.75, 3.05) is 6.61 Å². The Morgan fingerprint density at radius 1 is 1.29 bits per heavy atom. The number of carbonyl (C=O) groups excluding carboxylic acids is 1. The molecule has 0 aliphatic rings. The number of hydrogen-bond donors (Lipinski definition) is 0. The summed E-state index contributed by atoms with van der Waals surface area (Å²) in [5.74, 6) is 0.231. The molecule has 0 unspecified atom stereocenters.